The zero-order chi connectivity index (χ0) is 19.0. The highest BCUT2D eigenvalue weighted by Crippen LogP contribution is 2.34. The van der Waals surface area contributed by atoms with Gasteiger partial charge in [-0.3, -0.25) is 10.1 Å². The van der Waals surface area contributed by atoms with Crippen LogP contribution < -0.4 is 25.8 Å². The fourth-order valence-corrected chi connectivity index (χ4v) is 3.59. The van der Waals surface area contributed by atoms with Crippen molar-refractivity contribution in [2.24, 2.45) is 5.73 Å². The maximum Gasteiger partial charge on any atom is 0.322 e. The average Bonchev–Trinajstić information content (AvgIpc) is 2.77. The number of nitrogens with one attached hydrogen (secondary N) is 3. The van der Waals surface area contributed by atoms with E-state index < -0.39 is 33.0 Å². The normalized spacial score (nSPS) is 21.0. The molecule has 0 aromatic heterocycles. The van der Waals surface area contributed by atoms with Crippen LogP contribution in [0.3, 0.4) is 0 Å². The van der Waals surface area contributed by atoms with E-state index in [1.54, 1.807) is 13.8 Å². The van der Waals surface area contributed by atoms with Gasteiger partial charge in [-0.15, -0.1) is 0 Å². The van der Waals surface area contributed by atoms with Crippen LogP contribution in [-0.2, 0) is 20.4 Å². The molecule has 0 aliphatic carbocycles. The second-order valence-corrected chi connectivity index (χ2v) is 8.48. The van der Waals surface area contributed by atoms with Crippen molar-refractivity contribution >= 4 is 22.0 Å². The fraction of sp³-hybridized carbons (Fsp3) is 0.467. The van der Waals surface area contributed by atoms with Gasteiger partial charge in [-0.05, 0) is 39.0 Å². The summed E-state index contributed by atoms with van der Waals surface area (Å²) in [5.74, 6) is -0.320. The Balaban J connectivity index is 2.48. The summed E-state index contributed by atoms with van der Waals surface area (Å²) in [6, 6.07) is 3.42. The van der Waals surface area contributed by atoms with Crippen LogP contribution in [0.4, 0.5) is 4.79 Å². The van der Waals surface area contributed by atoms with Crippen LogP contribution in [-0.4, -0.2) is 39.5 Å². The van der Waals surface area contributed by atoms with Crippen molar-refractivity contribution in [2.75, 3.05) is 13.7 Å². The molecule has 0 bridgehead atoms. The Kier molecular flexibility index (Phi) is 4.81. The van der Waals surface area contributed by atoms with Crippen LogP contribution in [0.25, 0.3) is 0 Å². The summed E-state index contributed by atoms with van der Waals surface area (Å²) in [6.07, 6.45) is 0. The zero-order valence-corrected chi connectivity index (χ0v) is 15.3. The van der Waals surface area contributed by atoms with Gasteiger partial charge in [0.05, 0.1) is 12.0 Å². The van der Waals surface area contributed by atoms with Crippen LogP contribution in [0.15, 0.2) is 23.1 Å². The van der Waals surface area contributed by atoms with Crippen molar-refractivity contribution in [3.8, 4) is 5.75 Å². The summed E-state index contributed by atoms with van der Waals surface area (Å²) < 4.78 is 32.6. The molecule has 5 N–H and O–H groups in total. The van der Waals surface area contributed by atoms with E-state index in [1.807, 2.05) is 0 Å². The summed E-state index contributed by atoms with van der Waals surface area (Å²) in [6.45, 7) is 4.88. The lowest BCUT2D eigenvalue weighted by Crippen LogP contribution is -2.45. The molecule has 1 aliphatic heterocycles. The molecule has 1 atom stereocenters. The van der Waals surface area contributed by atoms with Gasteiger partial charge < -0.3 is 15.8 Å². The molecular weight excluding hydrogens is 348 g/mol. The minimum absolute atomic E-state index is 0.0329. The van der Waals surface area contributed by atoms with E-state index in [-0.39, 0.29) is 22.8 Å². The number of sulfonamides is 1. The van der Waals surface area contributed by atoms with E-state index in [4.69, 9.17) is 10.5 Å². The maximum atomic E-state index is 12.5. The van der Waals surface area contributed by atoms with Crippen molar-refractivity contribution in [1.82, 2.24) is 15.4 Å². The van der Waals surface area contributed by atoms with E-state index in [0.717, 1.165) is 0 Å². The largest absolute Gasteiger partial charge is 0.496 e. The summed E-state index contributed by atoms with van der Waals surface area (Å²) in [5.41, 5.74) is 3.86. The predicted octanol–water partition coefficient (Wildman–Crippen LogP) is -0.235. The molecular formula is C15H22N4O5S. The highest BCUT2D eigenvalue weighted by Gasteiger charge is 2.45. The fourth-order valence-electron chi connectivity index (χ4n) is 2.34. The van der Waals surface area contributed by atoms with Gasteiger partial charge in [0.1, 0.15) is 11.3 Å². The van der Waals surface area contributed by atoms with Crippen LogP contribution in [0, 0.1) is 0 Å². The van der Waals surface area contributed by atoms with Crippen molar-refractivity contribution in [3.05, 3.63) is 23.8 Å². The number of benzene rings is 1. The quantitative estimate of drug-likeness (QED) is 0.510. The van der Waals surface area contributed by atoms with E-state index in [0.29, 0.717) is 0 Å². The smallest absolute Gasteiger partial charge is 0.322 e. The summed E-state index contributed by atoms with van der Waals surface area (Å²) >= 11 is 0. The minimum atomic E-state index is -3.86. The number of carbonyl (C=O) groups is 2. The third-order valence-corrected chi connectivity index (χ3v) is 5.18. The van der Waals surface area contributed by atoms with Crippen molar-refractivity contribution in [1.29, 1.82) is 0 Å². The first-order valence-electron chi connectivity index (χ1n) is 7.50. The average molecular weight is 370 g/mol. The summed E-state index contributed by atoms with van der Waals surface area (Å²) in [7, 11) is -2.47. The number of carbonyl (C=O) groups excluding carboxylic acids is 2. The molecule has 9 nitrogen and oxygen atoms in total. The van der Waals surface area contributed by atoms with E-state index in [9.17, 15) is 18.0 Å². The molecule has 1 saturated heterocycles. The molecule has 25 heavy (non-hydrogen) atoms. The van der Waals surface area contributed by atoms with Crippen molar-refractivity contribution < 1.29 is 22.7 Å². The lowest BCUT2D eigenvalue weighted by atomic mass is 9.91. The number of rotatable bonds is 6. The third kappa shape index (κ3) is 3.91. The molecule has 1 fully saturated rings. The highest BCUT2D eigenvalue weighted by molar-refractivity contribution is 7.89. The Hall–Kier alpha value is -2.17. The molecule has 1 aliphatic rings. The van der Waals surface area contributed by atoms with Crippen molar-refractivity contribution in [3.63, 3.8) is 0 Å². The first kappa shape index (κ1) is 19.2. The molecule has 1 heterocycles. The second-order valence-electron chi connectivity index (χ2n) is 6.71. The molecule has 138 valence electrons. The molecule has 1 unspecified atom stereocenters. The zero-order valence-electron chi connectivity index (χ0n) is 14.5. The lowest BCUT2D eigenvalue weighted by molar-refractivity contribution is -0.123. The molecule has 1 aromatic carbocycles. The van der Waals surface area contributed by atoms with Gasteiger partial charge in [0, 0.05) is 17.6 Å². The number of ether oxygens (including phenoxy) is 1. The molecule has 10 heteroatoms. The summed E-state index contributed by atoms with van der Waals surface area (Å²) in [5, 5.41) is 4.63. The van der Waals surface area contributed by atoms with Gasteiger partial charge in [-0.25, -0.2) is 17.9 Å². The number of hydrogen-bond donors (Lipinski definition) is 4. The molecule has 0 spiro atoms. The number of methoxy groups -OCH3 is 1. The first-order chi connectivity index (χ1) is 11.4. The highest BCUT2D eigenvalue weighted by atomic mass is 32.2. The molecule has 0 radical (unpaired) electrons. The van der Waals surface area contributed by atoms with E-state index in [1.165, 1.54) is 32.2 Å². The Morgan fingerprint density at radius 3 is 2.44 bits per heavy atom. The predicted molar refractivity (Wildman–Crippen MR) is 90.5 cm³/mol. The van der Waals surface area contributed by atoms with Crippen molar-refractivity contribution in [2.45, 2.75) is 36.7 Å². The molecule has 2 rings (SSSR count). The molecule has 3 amide bonds. The summed E-state index contributed by atoms with van der Waals surface area (Å²) in [4.78, 5) is 23.6. The monoisotopic (exact) mass is 370 g/mol. The number of urea groups is 1. The van der Waals surface area contributed by atoms with Crippen LogP contribution in [0.2, 0.25) is 0 Å². The Bertz CT molecular complexity index is 816. The van der Waals surface area contributed by atoms with Gasteiger partial charge in [0.25, 0.3) is 5.91 Å². The SMILES string of the molecule is COc1ccc(S(=O)(=O)NCC(C)(C)N)cc1C1(C)NC(=O)NC1=O. The van der Waals surface area contributed by atoms with E-state index in [2.05, 4.69) is 15.4 Å². The maximum absolute atomic E-state index is 12.5. The first-order valence-corrected chi connectivity index (χ1v) is 8.98. The molecule has 0 saturated carbocycles. The van der Waals surface area contributed by atoms with Gasteiger partial charge in [-0.2, -0.15) is 0 Å². The minimum Gasteiger partial charge on any atom is -0.496 e. The number of hydrogen-bond acceptors (Lipinski definition) is 6. The standard InChI is InChI=1S/C15H22N4O5S/c1-14(2,16)8-17-25(22,23)9-5-6-11(24-4)10(7-9)15(3)12(20)18-13(21)19-15/h5-7,17H,8,16H2,1-4H3,(H2,18,19,20,21). The Labute approximate surface area is 146 Å². The second kappa shape index (κ2) is 6.28. The van der Waals surface area contributed by atoms with Crippen LogP contribution in [0.1, 0.15) is 26.3 Å². The topological polar surface area (TPSA) is 140 Å². The molecule has 1 aromatic rings. The van der Waals surface area contributed by atoms with Gasteiger partial charge >= 0.3 is 6.03 Å². The van der Waals surface area contributed by atoms with Gasteiger partial charge in [0.2, 0.25) is 10.0 Å². The Morgan fingerprint density at radius 2 is 1.96 bits per heavy atom. The van der Waals surface area contributed by atoms with Crippen LogP contribution >= 0.6 is 0 Å². The lowest BCUT2D eigenvalue weighted by Gasteiger charge is -2.24. The van der Waals surface area contributed by atoms with Gasteiger partial charge in [-0.1, -0.05) is 0 Å². The third-order valence-electron chi connectivity index (χ3n) is 3.78. The number of nitrogens with two attached hydrogens (primary N) is 1. The van der Waals surface area contributed by atoms with Crippen LogP contribution in [0.5, 0.6) is 5.75 Å². The number of imide groups is 1. The van der Waals surface area contributed by atoms with Gasteiger partial charge in [0.15, 0.2) is 0 Å². The Morgan fingerprint density at radius 1 is 1.32 bits per heavy atom. The van der Waals surface area contributed by atoms with E-state index >= 15 is 0 Å². The number of amides is 3.